The second kappa shape index (κ2) is 5.69. The van der Waals surface area contributed by atoms with Crippen LogP contribution in [0.15, 0.2) is 47.6 Å². The van der Waals surface area contributed by atoms with Gasteiger partial charge >= 0.3 is 0 Å². The topological polar surface area (TPSA) is 45.6 Å². The Kier molecular flexibility index (Phi) is 3.39. The van der Waals surface area contributed by atoms with Crippen LogP contribution in [0.4, 0.5) is 5.69 Å². The quantitative estimate of drug-likeness (QED) is 0.760. The first kappa shape index (κ1) is 13.7. The van der Waals surface area contributed by atoms with Gasteiger partial charge in [0, 0.05) is 30.4 Å². The molecule has 0 N–H and O–H groups in total. The van der Waals surface area contributed by atoms with Crippen molar-refractivity contribution in [3.05, 3.63) is 59.4 Å². The number of carbonyl (C=O) groups is 1. The van der Waals surface area contributed by atoms with Crippen LogP contribution in [0.3, 0.4) is 0 Å². The number of hydrogen-bond donors (Lipinski definition) is 0. The van der Waals surface area contributed by atoms with Gasteiger partial charge in [0.25, 0.3) is 0 Å². The second-order valence-corrected chi connectivity index (χ2v) is 5.62. The maximum Gasteiger partial charge on any atom is 0.227 e. The van der Waals surface area contributed by atoms with Crippen molar-refractivity contribution in [2.24, 2.45) is 4.99 Å². The van der Waals surface area contributed by atoms with Crippen LogP contribution in [0, 0.1) is 11.8 Å². The van der Waals surface area contributed by atoms with E-state index in [2.05, 4.69) is 27.9 Å². The van der Waals surface area contributed by atoms with Crippen LogP contribution in [-0.2, 0) is 11.3 Å². The number of aromatic nitrogens is 1. The molecule has 4 rings (SSSR count). The van der Waals surface area contributed by atoms with E-state index in [4.69, 9.17) is 0 Å². The highest BCUT2D eigenvalue weighted by molar-refractivity contribution is 6.16. The number of aliphatic imine (C=N–C) groups is 1. The number of hydrogen-bond acceptors (Lipinski definition) is 3. The van der Waals surface area contributed by atoms with Crippen molar-refractivity contribution in [2.45, 2.75) is 19.4 Å². The lowest BCUT2D eigenvalue weighted by Crippen LogP contribution is -2.23. The normalized spacial score (nSPS) is 15.9. The fraction of sp³-hybridized carbons (Fsp3) is 0.211. The third kappa shape index (κ3) is 2.62. The number of amides is 1. The van der Waals surface area contributed by atoms with E-state index in [0.29, 0.717) is 13.0 Å². The largest absolute Gasteiger partial charge is 0.312 e. The molecule has 1 aromatic carbocycles. The molecule has 1 aromatic heterocycles. The molecule has 4 nitrogen and oxygen atoms in total. The Bertz CT molecular complexity index is 859. The molecular weight excluding hydrogens is 286 g/mol. The lowest BCUT2D eigenvalue weighted by atomic mass is 10.0. The van der Waals surface area contributed by atoms with Crippen LogP contribution in [0.5, 0.6) is 0 Å². The third-order valence-corrected chi connectivity index (χ3v) is 4.12. The minimum Gasteiger partial charge on any atom is -0.312 e. The predicted molar refractivity (Wildman–Crippen MR) is 89.4 cm³/mol. The molecule has 0 aliphatic carbocycles. The van der Waals surface area contributed by atoms with Gasteiger partial charge in [-0.1, -0.05) is 12.1 Å². The molecule has 1 amide bonds. The molecule has 0 radical (unpaired) electrons. The van der Waals surface area contributed by atoms with Gasteiger partial charge in [-0.25, -0.2) is 4.98 Å². The van der Waals surface area contributed by atoms with Gasteiger partial charge in [0.2, 0.25) is 5.91 Å². The molecule has 0 spiro atoms. The number of pyridine rings is 1. The Hall–Kier alpha value is -2.93. The van der Waals surface area contributed by atoms with E-state index in [9.17, 15) is 4.79 Å². The van der Waals surface area contributed by atoms with Crippen LogP contribution in [0.25, 0.3) is 0 Å². The Morgan fingerprint density at radius 1 is 1.13 bits per heavy atom. The molecule has 0 bridgehead atoms. The van der Waals surface area contributed by atoms with Crippen molar-refractivity contribution in [1.29, 1.82) is 0 Å². The van der Waals surface area contributed by atoms with Gasteiger partial charge < -0.3 is 4.90 Å². The smallest absolute Gasteiger partial charge is 0.227 e. The van der Waals surface area contributed by atoms with Crippen molar-refractivity contribution in [3.63, 3.8) is 0 Å². The summed E-state index contributed by atoms with van der Waals surface area (Å²) in [4.78, 5) is 22.5. The van der Waals surface area contributed by atoms with Crippen molar-refractivity contribution in [2.75, 3.05) is 11.4 Å². The van der Waals surface area contributed by atoms with Crippen molar-refractivity contribution < 1.29 is 4.79 Å². The highest BCUT2D eigenvalue weighted by Gasteiger charge is 2.23. The number of carbonyl (C=O) groups excluding carboxylic acids is 1. The Morgan fingerprint density at radius 2 is 2.09 bits per heavy atom. The second-order valence-electron chi connectivity index (χ2n) is 5.62. The molecule has 112 valence electrons. The summed E-state index contributed by atoms with van der Waals surface area (Å²) in [6, 6.07) is 11.8. The summed E-state index contributed by atoms with van der Waals surface area (Å²) in [5, 5.41) is 0. The molecule has 2 aliphatic heterocycles. The van der Waals surface area contributed by atoms with E-state index < -0.39 is 0 Å². The average molecular weight is 301 g/mol. The van der Waals surface area contributed by atoms with Gasteiger partial charge in [-0.15, -0.1) is 0 Å². The Balaban J connectivity index is 1.65. The van der Waals surface area contributed by atoms with Gasteiger partial charge in [-0.2, -0.15) is 0 Å². The van der Waals surface area contributed by atoms with E-state index in [1.807, 2.05) is 35.2 Å². The summed E-state index contributed by atoms with van der Waals surface area (Å²) < 4.78 is 0. The lowest BCUT2D eigenvalue weighted by Gasteiger charge is -2.16. The number of anilines is 1. The zero-order valence-corrected chi connectivity index (χ0v) is 12.6. The maximum atomic E-state index is 11.9. The molecule has 0 atom stereocenters. The molecule has 1 fully saturated rings. The molecule has 4 heteroatoms. The molecule has 0 saturated carbocycles. The molecule has 2 aliphatic rings. The minimum absolute atomic E-state index is 0.195. The molecule has 23 heavy (non-hydrogen) atoms. The molecular formula is C19H15N3O. The molecule has 3 heterocycles. The SMILES string of the molecule is O=C1CCCN1c1ccc2c(c1)C(C#Cc1ccccn1)=NC2. The van der Waals surface area contributed by atoms with Gasteiger partial charge in [0.1, 0.15) is 11.4 Å². The highest BCUT2D eigenvalue weighted by Crippen LogP contribution is 2.27. The fourth-order valence-electron chi connectivity index (χ4n) is 2.93. The van der Waals surface area contributed by atoms with Gasteiger partial charge in [-0.3, -0.25) is 9.79 Å². The summed E-state index contributed by atoms with van der Waals surface area (Å²) in [7, 11) is 0. The summed E-state index contributed by atoms with van der Waals surface area (Å²) in [5.74, 6) is 6.37. The van der Waals surface area contributed by atoms with Crippen molar-refractivity contribution in [3.8, 4) is 11.8 Å². The summed E-state index contributed by atoms with van der Waals surface area (Å²) in [5.41, 5.74) is 4.64. The molecule has 1 saturated heterocycles. The van der Waals surface area contributed by atoms with E-state index in [1.165, 1.54) is 0 Å². The first-order valence-corrected chi connectivity index (χ1v) is 7.72. The number of benzene rings is 1. The van der Waals surface area contributed by atoms with Gasteiger partial charge in [0.05, 0.1) is 6.54 Å². The van der Waals surface area contributed by atoms with E-state index in [-0.39, 0.29) is 5.91 Å². The van der Waals surface area contributed by atoms with E-state index in [1.54, 1.807) is 6.20 Å². The van der Waals surface area contributed by atoms with E-state index in [0.717, 1.165) is 41.2 Å². The van der Waals surface area contributed by atoms with E-state index >= 15 is 0 Å². The van der Waals surface area contributed by atoms with Crippen LogP contribution >= 0.6 is 0 Å². The summed E-state index contributed by atoms with van der Waals surface area (Å²) >= 11 is 0. The van der Waals surface area contributed by atoms with Crippen LogP contribution in [-0.4, -0.2) is 23.1 Å². The van der Waals surface area contributed by atoms with Crippen molar-refractivity contribution in [1.82, 2.24) is 4.98 Å². The van der Waals surface area contributed by atoms with Crippen molar-refractivity contribution >= 4 is 17.3 Å². The number of rotatable bonds is 1. The summed E-state index contributed by atoms with van der Waals surface area (Å²) in [6.07, 6.45) is 3.29. The number of fused-ring (bicyclic) bond motifs is 1. The summed E-state index contributed by atoms with van der Waals surface area (Å²) in [6.45, 7) is 1.44. The lowest BCUT2D eigenvalue weighted by molar-refractivity contribution is -0.117. The highest BCUT2D eigenvalue weighted by atomic mass is 16.2. The first-order chi connectivity index (χ1) is 11.3. The van der Waals surface area contributed by atoms with Crippen LogP contribution in [0.1, 0.15) is 29.7 Å². The third-order valence-electron chi connectivity index (χ3n) is 4.12. The minimum atomic E-state index is 0.195. The molecule has 0 unspecified atom stereocenters. The Labute approximate surface area is 134 Å². The zero-order valence-electron chi connectivity index (χ0n) is 12.6. The van der Waals surface area contributed by atoms with Crippen LogP contribution in [0.2, 0.25) is 0 Å². The maximum absolute atomic E-state index is 11.9. The fourth-order valence-corrected chi connectivity index (χ4v) is 2.93. The Morgan fingerprint density at radius 3 is 2.87 bits per heavy atom. The predicted octanol–water partition coefficient (Wildman–Crippen LogP) is 2.56. The molecule has 2 aromatic rings. The van der Waals surface area contributed by atoms with Gasteiger partial charge in [0.15, 0.2) is 0 Å². The average Bonchev–Trinajstić information content (AvgIpc) is 3.19. The monoisotopic (exact) mass is 301 g/mol. The van der Waals surface area contributed by atoms with Gasteiger partial charge in [-0.05, 0) is 48.1 Å². The zero-order chi connectivity index (χ0) is 15.6. The number of nitrogens with zero attached hydrogens (tertiary/aromatic N) is 3. The van der Waals surface area contributed by atoms with Crippen LogP contribution < -0.4 is 4.90 Å². The standard InChI is InChI=1S/C19H15N3O/c23-19-5-3-11-22(19)16-8-6-14-13-21-18(17(14)12-16)9-7-15-4-1-2-10-20-15/h1-2,4,6,8,10,12H,3,5,11,13H2. The first-order valence-electron chi connectivity index (χ1n) is 7.72.